The molecule has 0 spiro atoms. The summed E-state index contributed by atoms with van der Waals surface area (Å²) in [6.07, 6.45) is 2.44. The number of rotatable bonds is 9. The number of benzene rings is 4. The Bertz CT molecular complexity index is 2360. The number of carbonyl (C=O) groups is 4. The van der Waals surface area contributed by atoms with Gasteiger partial charge in [-0.3, -0.25) is 9.59 Å². The molecule has 2 aliphatic rings. The van der Waals surface area contributed by atoms with Gasteiger partial charge in [-0.05, 0) is 72.2 Å². The van der Waals surface area contributed by atoms with Crippen LogP contribution in [0.25, 0.3) is 33.4 Å². The van der Waals surface area contributed by atoms with Gasteiger partial charge in [-0.25, -0.2) is 9.59 Å². The number of carboxylic acid groups (broad SMARTS) is 2. The molecule has 0 heterocycles. The Labute approximate surface area is 322 Å². The lowest BCUT2D eigenvalue weighted by atomic mass is 9.75. The second kappa shape index (κ2) is 14.6. The number of hydrogen-bond donors (Lipinski definition) is 8. The number of aliphatic hydroxyl groups excluding tert-OH is 2. The number of ketones is 2. The number of aromatic carboxylic acids is 2. The minimum absolute atomic E-state index is 0.0214. The van der Waals surface area contributed by atoms with E-state index in [1.54, 1.807) is 77.9 Å². The Kier molecular flexibility index (Phi) is 10.1. The van der Waals surface area contributed by atoms with E-state index in [1.165, 1.54) is 36.7 Å². The van der Waals surface area contributed by atoms with Crippen LogP contribution >= 0.6 is 0 Å². The van der Waals surface area contributed by atoms with Crippen LogP contribution in [0.15, 0.2) is 84.6 Å². The van der Waals surface area contributed by atoms with Crippen LogP contribution in [-0.4, -0.2) is 54.1 Å². The minimum Gasteiger partial charge on any atom is -0.507 e. The van der Waals surface area contributed by atoms with Crippen LogP contribution in [0, 0.1) is 25.7 Å². The van der Waals surface area contributed by atoms with Gasteiger partial charge < -0.3 is 41.3 Å². The van der Waals surface area contributed by atoms with Gasteiger partial charge in [0.1, 0.15) is 11.5 Å². The number of aryl methyl sites for hydroxylation is 2. The van der Waals surface area contributed by atoms with Crippen molar-refractivity contribution in [2.24, 2.45) is 11.8 Å². The predicted molar refractivity (Wildman–Crippen MR) is 213 cm³/mol. The molecule has 2 aliphatic carbocycles. The quantitative estimate of drug-likeness (QED) is 0.0753. The molecule has 56 heavy (non-hydrogen) atoms. The summed E-state index contributed by atoms with van der Waals surface area (Å²) in [7, 11) is 0. The number of carbonyl (C=O) groups excluding carboxylic acids is 2. The van der Waals surface area contributed by atoms with Crippen LogP contribution in [-0.2, 0) is 9.59 Å². The summed E-state index contributed by atoms with van der Waals surface area (Å²) in [6.45, 7) is 10.5. The van der Waals surface area contributed by atoms with E-state index in [2.05, 4.69) is 10.6 Å². The molecule has 0 saturated heterocycles. The van der Waals surface area contributed by atoms with Crippen molar-refractivity contribution in [3.8, 4) is 22.6 Å². The predicted octanol–water partition coefficient (Wildman–Crippen LogP) is 8.70. The van der Waals surface area contributed by atoms with Gasteiger partial charge in [0.2, 0.25) is 11.6 Å². The highest BCUT2D eigenvalue weighted by Gasteiger charge is 2.38. The summed E-state index contributed by atoms with van der Waals surface area (Å²) in [6, 6.07) is 15.4. The van der Waals surface area contributed by atoms with Crippen LogP contribution in [0.5, 0.6) is 11.5 Å². The number of phenols is 2. The third-order valence-electron chi connectivity index (χ3n) is 10.0. The number of fused-ring (bicyclic) bond motifs is 2. The molecule has 0 aromatic heterocycles. The number of anilines is 2. The molecule has 6 rings (SSSR count). The highest BCUT2D eigenvalue weighted by Crippen LogP contribution is 2.53. The number of Topliss-reactive ketones (excluding diaryl/α,β-unsaturated/α-hetero) is 2. The highest BCUT2D eigenvalue weighted by molar-refractivity contribution is 6.35. The maximum absolute atomic E-state index is 13.9. The van der Waals surface area contributed by atoms with Crippen LogP contribution in [0.3, 0.4) is 0 Å². The SMILES string of the molecule is Cc1cc2c(c(O)c1-c1c(C)cc3c(c1O)/C(=C/Nc1ccccc1C(=O)O)C(=O)C(O)=C3C(C)C)/C(=C/Nc1ccccc1C(=O)O)C(=O)C(O)=C2C(C)C. The number of nitrogens with one attached hydrogen (secondary N) is 2. The number of para-hydroxylation sites is 2. The van der Waals surface area contributed by atoms with Crippen molar-refractivity contribution < 1.29 is 49.8 Å². The van der Waals surface area contributed by atoms with Crippen LogP contribution in [0.1, 0.15) is 81.8 Å². The van der Waals surface area contributed by atoms with Gasteiger partial charge >= 0.3 is 11.9 Å². The lowest BCUT2D eigenvalue weighted by Gasteiger charge is -2.29. The number of phenolic OH excluding ortho intramolecular Hbond substituents is 2. The van der Waals surface area contributed by atoms with Crippen molar-refractivity contribution >= 4 is 57.2 Å². The van der Waals surface area contributed by atoms with Crippen molar-refractivity contribution in [1.82, 2.24) is 0 Å². The van der Waals surface area contributed by atoms with E-state index >= 15 is 0 Å². The molecule has 0 saturated carbocycles. The molecular formula is C44H40N2O10. The van der Waals surface area contributed by atoms with Gasteiger partial charge in [0.25, 0.3) is 0 Å². The standard InChI is InChI=1S/C44H40N2O10/c1-19(2)31-25-15-21(5)33(39(49)35(25)27(37(47)41(31)51)17-45-29-13-9-7-11-23(29)43(53)54)34-22(6)16-26-32(20(3)4)42(52)38(48)28(36(26)40(34)50)18-46-30-14-10-8-12-24(30)44(55)56/h7-20,45-46,49-52H,1-6H3,(H,53,54)(H,55,56)/b27-17-,28-18-. The lowest BCUT2D eigenvalue weighted by molar-refractivity contribution is -0.113. The Morgan fingerprint density at radius 1 is 0.571 bits per heavy atom. The van der Waals surface area contributed by atoms with E-state index in [0.29, 0.717) is 22.3 Å². The number of aromatic hydroxyl groups is 2. The summed E-state index contributed by atoms with van der Waals surface area (Å²) in [5, 5.41) is 72.3. The fourth-order valence-electron chi connectivity index (χ4n) is 7.52. The summed E-state index contributed by atoms with van der Waals surface area (Å²) >= 11 is 0. The first-order chi connectivity index (χ1) is 26.5. The van der Waals surface area contributed by atoms with Crippen molar-refractivity contribution in [2.75, 3.05) is 10.6 Å². The van der Waals surface area contributed by atoms with Gasteiger partial charge in [0.15, 0.2) is 11.5 Å². The van der Waals surface area contributed by atoms with Gasteiger partial charge in [-0.2, -0.15) is 0 Å². The van der Waals surface area contributed by atoms with Gasteiger partial charge in [-0.1, -0.05) is 64.1 Å². The molecule has 12 heteroatoms. The third kappa shape index (κ3) is 6.34. The maximum atomic E-state index is 13.9. The van der Waals surface area contributed by atoms with Crippen LogP contribution in [0.4, 0.5) is 11.4 Å². The van der Waals surface area contributed by atoms with Crippen LogP contribution in [0.2, 0.25) is 0 Å². The average Bonchev–Trinajstić information content (AvgIpc) is 3.13. The molecule has 0 fully saturated rings. The van der Waals surface area contributed by atoms with Crippen molar-refractivity contribution in [1.29, 1.82) is 0 Å². The Morgan fingerprint density at radius 2 is 0.911 bits per heavy atom. The Hall–Kier alpha value is -7.08. The van der Waals surface area contributed by atoms with E-state index in [-0.39, 0.29) is 78.9 Å². The summed E-state index contributed by atoms with van der Waals surface area (Å²) in [5.41, 5.74) is 2.14. The van der Waals surface area contributed by atoms with Gasteiger partial charge in [0, 0.05) is 45.8 Å². The molecule has 0 aliphatic heterocycles. The summed E-state index contributed by atoms with van der Waals surface area (Å²) in [4.78, 5) is 51.7. The Balaban J connectivity index is 1.63. The number of hydrogen-bond acceptors (Lipinski definition) is 10. The zero-order valence-corrected chi connectivity index (χ0v) is 31.4. The molecule has 0 bridgehead atoms. The second-order valence-corrected chi connectivity index (χ2v) is 14.3. The molecule has 4 aromatic carbocycles. The molecule has 12 nitrogen and oxygen atoms in total. The normalized spacial score (nSPS) is 15.5. The van der Waals surface area contributed by atoms with Crippen LogP contribution < -0.4 is 10.6 Å². The van der Waals surface area contributed by atoms with Crippen molar-refractivity contribution in [2.45, 2.75) is 41.5 Å². The molecule has 286 valence electrons. The second-order valence-electron chi connectivity index (χ2n) is 14.3. The molecule has 0 unspecified atom stereocenters. The van der Waals surface area contributed by atoms with E-state index in [4.69, 9.17) is 0 Å². The zero-order valence-electron chi connectivity index (χ0n) is 31.4. The maximum Gasteiger partial charge on any atom is 0.337 e. The topological polar surface area (TPSA) is 214 Å². The molecule has 4 aromatic rings. The van der Waals surface area contributed by atoms with E-state index in [1.807, 2.05) is 0 Å². The summed E-state index contributed by atoms with van der Waals surface area (Å²) in [5.74, 6) is -6.79. The highest BCUT2D eigenvalue weighted by atomic mass is 16.4. The first-order valence-electron chi connectivity index (χ1n) is 17.8. The fourth-order valence-corrected chi connectivity index (χ4v) is 7.52. The molecule has 0 atom stereocenters. The van der Waals surface area contributed by atoms with E-state index < -0.39 is 46.5 Å². The minimum atomic E-state index is -1.22. The molecule has 8 N–H and O–H groups in total. The smallest absolute Gasteiger partial charge is 0.337 e. The molecule has 0 amide bonds. The third-order valence-corrected chi connectivity index (χ3v) is 10.0. The zero-order chi connectivity index (χ0) is 40.9. The number of aliphatic hydroxyl groups is 2. The number of carboxylic acids is 2. The van der Waals surface area contributed by atoms with Gasteiger partial charge in [0.05, 0.1) is 33.6 Å². The van der Waals surface area contributed by atoms with E-state index in [9.17, 15) is 49.8 Å². The largest absolute Gasteiger partial charge is 0.507 e. The van der Waals surface area contributed by atoms with Crippen molar-refractivity contribution in [3.63, 3.8) is 0 Å². The lowest BCUT2D eigenvalue weighted by Crippen LogP contribution is -2.20. The molecular weight excluding hydrogens is 716 g/mol. The monoisotopic (exact) mass is 756 g/mol. The fraction of sp³-hybridized carbons (Fsp3) is 0.182. The van der Waals surface area contributed by atoms with Gasteiger partial charge in [-0.15, -0.1) is 0 Å². The first-order valence-corrected chi connectivity index (χ1v) is 17.8. The average molecular weight is 757 g/mol. The van der Waals surface area contributed by atoms with E-state index in [0.717, 1.165) is 0 Å². The first kappa shape index (κ1) is 38.6. The Morgan fingerprint density at radius 3 is 1.23 bits per heavy atom. The van der Waals surface area contributed by atoms with Crippen molar-refractivity contribution in [3.05, 3.63) is 129 Å². The number of allylic oxidation sites excluding steroid dienone is 4. The molecule has 0 radical (unpaired) electrons. The summed E-state index contributed by atoms with van der Waals surface area (Å²) < 4.78 is 0.